The maximum Gasteiger partial charge on any atom is 0.218 e. The van der Waals surface area contributed by atoms with E-state index in [1.807, 2.05) is 6.92 Å². The van der Waals surface area contributed by atoms with E-state index in [-0.39, 0.29) is 0 Å². The van der Waals surface area contributed by atoms with E-state index in [2.05, 4.69) is 14.9 Å². The van der Waals surface area contributed by atoms with Gasteiger partial charge in [-0.3, -0.25) is 0 Å². The molecule has 2 rings (SSSR count). The number of hydrogen-bond donors (Lipinski definition) is 0. The molecule has 0 aliphatic carbocycles. The highest BCUT2D eigenvalue weighted by atomic mass is 19.1. The lowest BCUT2D eigenvalue weighted by Crippen LogP contribution is -2.36. The Morgan fingerprint density at radius 1 is 1.60 bits per heavy atom. The van der Waals surface area contributed by atoms with Crippen molar-refractivity contribution in [1.29, 1.82) is 0 Å². The summed E-state index contributed by atoms with van der Waals surface area (Å²) >= 11 is 0. The van der Waals surface area contributed by atoms with E-state index >= 15 is 0 Å². The number of rotatable bonds is 3. The summed E-state index contributed by atoms with van der Waals surface area (Å²) in [6.45, 7) is 4.29. The first kappa shape index (κ1) is 10.3. The second kappa shape index (κ2) is 4.53. The fourth-order valence-electron chi connectivity index (χ4n) is 1.86. The summed E-state index contributed by atoms with van der Waals surface area (Å²) in [5, 5.41) is 0. The maximum atomic E-state index is 12.9. The molecule has 1 unspecified atom stereocenters. The third-order valence-electron chi connectivity index (χ3n) is 2.60. The minimum Gasteiger partial charge on any atom is -0.379 e. The van der Waals surface area contributed by atoms with Crippen molar-refractivity contribution in [2.75, 3.05) is 24.7 Å². The molecule has 1 atom stereocenters. The molecule has 1 fully saturated rings. The molecule has 0 bridgehead atoms. The molecule has 0 aromatic carbocycles. The van der Waals surface area contributed by atoms with E-state index in [9.17, 15) is 4.39 Å². The Bertz CT molecular complexity index is 328. The van der Waals surface area contributed by atoms with Crippen molar-refractivity contribution < 1.29 is 9.13 Å². The van der Waals surface area contributed by atoms with Gasteiger partial charge in [0.15, 0.2) is 0 Å². The summed E-state index contributed by atoms with van der Waals surface area (Å²) < 4.78 is 18.3. The molecule has 0 amide bonds. The van der Waals surface area contributed by atoms with Crippen molar-refractivity contribution in [3.63, 3.8) is 0 Å². The van der Waals surface area contributed by atoms with Gasteiger partial charge in [-0.1, -0.05) is 0 Å². The van der Waals surface area contributed by atoms with Crippen molar-refractivity contribution in [2.45, 2.75) is 19.4 Å². The second-order valence-electron chi connectivity index (χ2n) is 3.50. The van der Waals surface area contributed by atoms with Crippen molar-refractivity contribution in [2.24, 2.45) is 0 Å². The Balaban J connectivity index is 2.18. The Morgan fingerprint density at radius 2 is 2.47 bits per heavy atom. The summed E-state index contributed by atoms with van der Waals surface area (Å²) in [6.07, 6.45) is 2.22. The van der Waals surface area contributed by atoms with Gasteiger partial charge < -0.3 is 9.64 Å². The van der Waals surface area contributed by atoms with Crippen LogP contribution in [0, 0.1) is 5.95 Å². The molecular weight excluding hydrogens is 197 g/mol. The van der Waals surface area contributed by atoms with Gasteiger partial charge in [-0.05, 0) is 13.3 Å². The average molecular weight is 211 g/mol. The molecule has 0 saturated carbocycles. The van der Waals surface area contributed by atoms with Crippen LogP contribution < -0.4 is 4.90 Å². The fraction of sp³-hybridized carbons (Fsp3) is 0.600. The molecular formula is C10H14FN3O. The Morgan fingerprint density at radius 3 is 3.07 bits per heavy atom. The summed E-state index contributed by atoms with van der Waals surface area (Å²) in [4.78, 5) is 9.58. The van der Waals surface area contributed by atoms with Crippen molar-refractivity contribution in [3.05, 3.63) is 18.3 Å². The fourth-order valence-corrected chi connectivity index (χ4v) is 1.86. The Kier molecular flexibility index (Phi) is 3.11. The van der Waals surface area contributed by atoms with E-state index in [1.165, 1.54) is 12.4 Å². The minimum absolute atomic E-state index is 0.310. The van der Waals surface area contributed by atoms with Gasteiger partial charge in [0, 0.05) is 19.2 Å². The van der Waals surface area contributed by atoms with Crippen LogP contribution in [0.1, 0.15) is 13.3 Å². The van der Waals surface area contributed by atoms with E-state index in [4.69, 9.17) is 4.74 Å². The van der Waals surface area contributed by atoms with Gasteiger partial charge in [-0.15, -0.1) is 0 Å². The molecule has 5 heteroatoms. The first-order chi connectivity index (χ1) is 7.31. The van der Waals surface area contributed by atoms with E-state index in [1.54, 1.807) is 0 Å². The molecule has 82 valence electrons. The largest absolute Gasteiger partial charge is 0.379 e. The third-order valence-corrected chi connectivity index (χ3v) is 2.60. The van der Waals surface area contributed by atoms with Crippen LogP contribution in [0.25, 0.3) is 0 Å². The molecule has 4 nitrogen and oxygen atoms in total. The van der Waals surface area contributed by atoms with Crippen LogP contribution in [0.3, 0.4) is 0 Å². The SMILES string of the molecule is CCN(c1cc(F)ncn1)C1CCOC1. The average Bonchev–Trinajstić information content (AvgIpc) is 2.72. The van der Waals surface area contributed by atoms with Crippen LogP contribution in [0.2, 0.25) is 0 Å². The van der Waals surface area contributed by atoms with Gasteiger partial charge in [0.2, 0.25) is 5.95 Å². The predicted molar refractivity (Wildman–Crippen MR) is 54.2 cm³/mol. The number of halogens is 1. The van der Waals surface area contributed by atoms with Crippen LogP contribution in [-0.4, -0.2) is 35.8 Å². The molecule has 1 aliphatic heterocycles. The molecule has 2 heterocycles. The van der Waals surface area contributed by atoms with Gasteiger partial charge in [0.05, 0.1) is 12.6 Å². The van der Waals surface area contributed by atoms with Crippen molar-refractivity contribution in [1.82, 2.24) is 9.97 Å². The first-order valence-corrected chi connectivity index (χ1v) is 5.13. The first-order valence-electron chi connectivity index (χ1n) is 5.13. The lowest BCUT2D eigenvalue weighted by molar-refractivity contribution is 0.193. The summed E-state index contributed by atoms with van der Waals surface area (Å²) in [7, 11) is 0. The van der Waals surface area contributed by atoms with Crippen molar-refractivity contribution >= 4 is 5.82 Å². The molecule has 1 aromatic rings. The normalized spacial score (nSPS) is 20.5. The van der Waals surface area contributed by atoms with Gasteiger partial charge in [0.25, 0.3) is 0 Å². The molecule has 1 aromatic heterocycles. The molecule has 0 radical (unpaired) electrons. The van der Waals surface area contributed by atoms with Crippen LogP contribution in [-0.2, 0) is 4.74 Å². The van der Waals surface area contributed by atoms with Crippen LogP contribution >= 0.6 is 0 Å². The van der Waals surface area contributed by atoms with Gasteiger partial charge in [-0.2, -0.15) is 4.39 Å². The van der Waals surface area contributed by atoms with Crippen LogP contribution in [0.4, 0.5) is 10.2 Å². The molecule has 15 heavy (non-hydrogen) atoms. The predicted octanol–water partition coefficient (Wildman–Crippen LogP) is 1.23. The van der Waals surface area contributed by atoms with Crippen LogP contribution in [0.15, 0.2) is 12.4 Å². The topological polar surface area (TPSA) is 38.2 Å². The van der Waals surface area contributed by atoms with Gasteiger partial charge in [-0.25, -0.2) is 9.97 Å². The number of aromatic nitrogens is 2. The van der Waals surface area contributed by atoms with Gasteiger partial charge in [0.1, 0.15) is 12.1 Å². The number of ether oxygens (including phenoxy) is 1. The van der Waals surface area contributed by atoms with Crippen molar-refractivity contribution in [3.8, 4) is 0 Å². The van der Waals surface area contributed by atoms with E-state index < -0.39 is 5.95 Å². The summed E-state index contributed by atoms with van der Waals surface area (Å²) in [5.41, 5.74) is 0. The minimum atomic E-state index is -0.489. The zero-order valence-electron chi connectivity index (χ0n) is 8.69. The molecule has 1 aliphatic rings. The molecule has 1 saturated heterocycles. The smallest absolute Gasteiger partial charge is 0.218 e. The summed E-state index contributed by atoms with van der Waals surface area (Å²) in [6, 6.07) is 1.67. The number of nitrogens with zero attached hydrogens (tertiary/aromatic N) is 3. The second-order valence-corrected chi connectivity index (χ2v) is 3.50. The highest BCUT2D eigenvalue weighted by Crippen LogP contribution is 2.19. The summed E-state index contributed by atoms with van der Waals surface area (Å²) in [5.74, 6) is 0.151. The highest BCUT2D eigenvalue weighted by molar-refractivity contribution is 5.38. The zero-order valence-corrected chi connectivity index (χ0v) is 8.69. The highest BCUT2D eigenvalue weighted by Gasteiger charge is 2.23. The lowest BCUT2D eigenvalue weighted by atomic mass is 10.2. The third kappa shape index (κ3) is 2.23. The van der Waals surface area contributed by atoms with Gasteiger partial charge >= 0.3 is 0 Å². The maximum absolute atomic E-state index is 12.9. The monoisotopic (exact) mass is 211 g/mol. The Hall–Kier alpha value is -1.23. The quantitative estimate of drug-likeness (QED) is 0.705. The lowest BCUT2D eigenvalue weighted by Gasteiger charge is -2.27. The van der Waals surface area contributed by atoms with E-state index in [0.717, 1.165) is 19.6 Å². The molecule has 0 spiro atoms. The Labute approximate surface area is 88.1 Å². The zero-order chi connectivity index (χ0) is 10.7. The standard InChI is InChI=1S/C10H14FN3O/c1-2-14(8-3-4-15-6-8)10-5-9(11)12-7-13-10/h5,7-8H,2-4,6H2,1H3. The van der Waals surface area contributed by atoms with Crippen LogP contribution in [0.5, 0.6) is 0 Å². The van der Waals surface area contributed by atoms with E-state index in [0.29, 0.717) is 18.5 Å². The number of anilines is 1. The number of hydrogen-bond acceptors (Lipinski definition) is 4. The molecule has 0 N–H and O–H groups in total. The number of likely N-dealkylation sites (N-methyl/N-ethyl adjacent to an activating group) is 1.